The predicted molar refractivity (Wildman–Crippen MR) is 57.0 cm³/mol. The SMILES string of the molecule is O=C(Cl)c1cc(C(F)F)c(CBr)nc1C(F)(F)F. The quantitative estimate of drug-likeness (QED) is 0.461. The van der Waals surface area contributed by atoms with Gasteiger partial charge in [0.2, 0.25) is 0 Å². The molecule has 0 amide bonds. The first-order valence-electron chi connectivity index (χ1n) is 4.33. The molecule has 0 spiro atoms. The molecule has 0 fully saturated rings. The molecule has 1 rings (SSSR count). The number of alkyl halides is 6. The van der Waals surface area contributed by atoms with E-state index in [1.807, 2.05) is 0 Å². The molecule has 0 atom stereocenters. The zero-order valence-electron chi connectivity index (χ0n) is 8.36. The van der Waals surface area contributed by atoms with E-state index in [0.29, 0.717) is 6.07 Å². The van der Waals surface area contributed by atoms with Crippen LogP contribution in [0.5, 0.6) is 0 Å². The van der Waals surface area contributed by atoms with Crippen molar-refractivity contribution in [3.8, 4) is 0 Å². The lowest BCUT2D eigenvalue weighted by atomic mass is 10.1. The van der Waals surface area contributed by atoms with Gasteiger partial charge in [-0.15, -0.1) is 0 Å². The van der Waals surface area contributed by atoms with E-state index < -0.39 is 40.4 Å². The summed E-state index contributed by atoms with van der Waals surface area (Å²) in [6, 6.07) is 0.423. The second-order valence-corrected chi connectivity index (χ2v) is 4.03. The van der Waals surface area contributed by atoms with E-state index in [0.717, 1.165) is 0 Å². The number of halogens is 7. The summed E-state index contributed by atoms with van der Waals surface area (Å²) in [5, 5.41) is -1.79. The molecule has 1 aromatic rings. The Hall–Kier alpha value is -0.760. The molecule has 1 aromatic heterocycles. The lowest BCUT2D eigenvalue weighted by molar-refractivity contribution is -0.141. The highest BCUT2D eigenvalue weighted by atomic mass is 79.9. The maximum absolute atomic E-state index is 12.6. The number of pyridine rings is 1. The smallest absolute Gasteiger partial charge is 0.276 e. The van der Waals surface area contributed by atoms with Crippen molar-refractivity contribution in [2.24, 2.45) is 0 Å². The highest BCUT2D eigenvalue weighted by Crippen LogP contribution is 2.35. The summed E-state index contributed by atoms with van der Waals surface area (Å²) in [7, 11) is 0. The minimum atomic E-state index is -4.95. The minimum Gasteiger partial charge on any atom is -0.276 e. The van der Waals surface area contributed by atoms with Gasteiger partial charge in [0.05, 0.1) is 11.3 Å². The van der Waals surface area contributed by atoms with Crippen LogP contribution < -0.4 is 0 Å². The normalized spacial score (nSPS) is 12.0. The average Bonchev–Trinajstić information content (AvgIpc) is 2.25. The fourth-order valence-corrected chi connectivity index (χ4v) is 1.82. The third-order valence-electron chi connectivity index (χ3n) is 1.98. The molecule has 0 aliphatic carbocycles. The van der Waals surface area contributed by atoms with E-state index >= 15 is 0 Å². The van der Waals surface area contributed by atoms with Crippen molar-refractivity contribution >= 4 is 32.8 Å². The summed E-state index contributed by atoms with van der Waals surface area (Å²) in [6.45, 7) is 0. The van der Waals surface area contributed by atoms with Crippen LogP contribution >= 0.6 is 27.5 Å². The van der Waals surface area contributed by atoms with E-state index in [1.165, 1.54) is 0 Å². The minimum absolute atomic E-state index is 0.299. The fraction of sp³-hybridized carbons (Fsp3) is 0.333. The van der Waals surface area contributed by atoms with Gasteiger partial charge >= 0.3 is 6.18 Å². The van der Waals surface area contributed by atoms with Crippen LogP contribution in [0, 0.1) is 0 Å². The van der Waals surface area contributed by atoms with Crippen LogP contribution in [0.1, 0.15) is 33.7 Å². The highest BCUT2D eigenvalue weighted by Gasteiger charge is 2.38. The molecule has 0 N–H and O–H groups in total. The first-order chi connectivity index (χ1) is 8.18. The standard InChI is InChI=1S/C9H4BrClF5NO/c10-2-5-3(8(12)13)1-4(7(11)18)6(17-5)9(14,15)16/h1,8H,2H2. The molecular formula is C9H4BrClF5NO. The maximum Gasteiger partial charge on any atom is 0.434 e. The Kier molecular flexibility index (Phi) is 4.66. The number of carbonyl (C=O) groups is 1. The topological polar surface area (TPSA) is 30.0 Å². The fourth-order valence-electron chi connectivity index (χ4n) is 1.23. The monoisotopic (exact) mass is 351 g/mol. The Morgan fingerprint density at radius 2 is 2.00 bits per heavy atom. The van der Waals surface area contributed by atoms with Crippen LogP contribution in [0.3, 0.4) is 0 Å². The number of hydrogen-bond donors (Lipinski definition) is 0. The number of nitrogens with zero attached hydrogens (tertiary/aromatic N) is 1. The van der Waals surface area contributed by atoms with Crippen molar-refractivity contribution in [3.63, 3.8) is 0 Å². The van der Waals surface area contributed by atoms with Gasteiger partial charge in [-0.3, -0.25) is 4.79 Å². The molecule has 0 saturated carbocycles. The molecule has 1 heterocycles. The zero-order chi connectivity index (χ0) is 14.1. The van der Waals surface area contributed by atoms with Crippen molar-refractivity contribution in [1.29, 1.82) is 0 Å². The van der Waals surface area contributed by atoms with Crippen molar-refractivity contribution in [2.45, 2.75) is 17.9 Å². The first kappa shape index (κ1) is 15.3. The van der Waals surface area contributed by atoms with Gasteiger partial charge in [0.25, 0.3) is 11.7 Å². The van der Waals surface area contributed by atoms with Gasteiger partial charge in [0, 0.05) is 10.9 Å². The van der Waals surface area contributed by atoms with Gasteiger partial charge in [-0.1, -0.05) is 15.9 Å². The molecule has 0 aromatic carbocycles. The molecule has 0 aliphatic heterocycles. The summed E-state index contributed by atoms with van der Waals surface area (Å²) < 4.78 is 62.9. The maximum atomic E-state index is 12.6. The third kappa shape index (κ3) is 3.17. The van der Waals surface area contributed by atoms with Crippen LogP contribution in [-0.4, -0.2) is 10.2 Å². The summed E-state index contributed by atoms with van der Waals surface area (Å²) in [4.78, 5) is 13.9. The highest BCUT2D eigenvalue weighted by molar-refractivity contribution is 9.08. The van der Waals surface area contributed by atoms with E-state index in [2.05, 4.69) is 20.9 Å². The molecule has 0 unspecified atom stereocenters. The van der Waals surface area contributed by atoms with Gasteiger partial charge < -0.3 is 0 Å². The van der Waals surface area contributed by atoms with Gasteiger partial charge in [-0.05, 0) is 17.7 Å². The van der Waals surface area contributed by atoms with E-state index in [1.54, 1.807) is 0 Å². The number of aromatic nitrogens is 1. The molecule has 0 aliphatic rings. The third-order valence-corrected chi connectivity index (χ3v) is 2.71. The van der Waals surface area contributed by atoms with Crippen molar-refractivity contribution in [3.05, 3.63) is 28.6 Å². The van der Waals surface area contributed by atoms with E-state index in [4.69, 9.17) is 11.6 Å². The predicted octanol–water partition coefficient (Wildman–Crippen LogP) is 4.31. The molecule has 0 radical (unpaired) electrons. The molecule has 0 saturated heterocycles. The first-order valence-corrected chi connectivity index (χ1v) is 5.83. The average molecular weight is 352 g/mol. The van der Waals surface area contributed by atoms with Gasteiger partial charge in [-0.2, -0.15) is 13.2 Å². The van der Waals surface area contributed by atoms with Crippen LogP contribution in [0.15, 0.2) is 6.07 Å². The number of carbonyl (C=O) groups excluding carboxylic acids is 1. The van der Waals surface area contributed by atoms with Crippen LogP contribution in [0.25, 0.3) is 0 Å². The van der Waals surface area contributed by atoms with Crippen LogP contribution in [-0.2, 0) is 11.5 Å². The van der Waals surface area contributed by atoms with Crippen molar-refractivity contribution in [1.82, 2.24) is 4.98 Å². The van der Waals surface area contributed by atoms with Gasteiger partial charge in [-0.25, -0.2) is 13.8 Å². The molecule has 0 bridgehead atoms. The summed E-state index contributed by atoms with van der Waals surface area (Å²) >= 11 is 7.71. The summed E-state index contributed by atoms with van der Waals surface area (Å²) in [6.07, 6.45) is -8.00. The van der Waals surface area contributed by atoms with E-state index in [-0.39, 0.29) is 5.33 Å². The van der Waals surface area contributed by atoms with Crippen LogP contribution in [0.4, 0.5) is 22.0 Å². The summed E-state index contributed by atoms with van der Waals surface area (Å²) in [5.41, 5.74) is -3.90. The Morgan fingerprint density at radius 3 is 2.33 bits per heavy atom. The Morgan fingerprint density at radius 1 is 1.44 bits per heavy atom. The molecule has 100 valence electrons. The number of hydrogen-bond acceptors (Lipinski definition) is 2. The van der Waals surface area contributed by atoms with Gasteiger partial charge in [0.1, 0.15) is 0 Å². The molecular weight excluding hydrogens is 348 g/mol. The lowest BCUT2D eigenvalue weighted by Gasteiger charge is -2.13. The second kappa shape index (κ2) is 5.48. The summed E-state index contributed by atoms with van der Waals surface area (Å²) in [5.74, 6) is 0. The zero-order valence-corrected chi connectivity index (χ0v) is 10.7. The Bertz CT molecular complexity index is 477. The molecule has 2 nitrogen and oxygen atoms in total. The lowest BCUT2D eigenvalue weighted by Crippen LogP contribution is -2.16. The Balaban J connectivity index is 3.58. The number of rotatable bonds is 3. The van der Waals surface area contributed by atoms with Crippen molar-refractivity contribution < 1.29 is 26.7 Å². The Labute approximate surface area is 111 Å². The van der Waals surface area contributed by atoms with Gasteiger partial charge in [0.15, 0.2) is 5.69 Å². The van der Waals surface area contributed by atoms with E-state index in [9.17, 15) is 26.7 Å². The van der Waals surface area contributed by atoms with Crippen molar-refractivity contribution in [2.75, 3.05) is 0 Å². The van der Waals surface area contributed by atoms with Crippen LogP contribution in [0.2, 0.25) is 0 Å². The molecule has 9 heteroatoms. The largest absolute Gasteiger partial charge is 0.434 e. The second-order valence-electron chi connectivity index (χ2n) is 3.13. The molecule has 18 heavy (non-hydrogen) atoms.